The Bertz CT molecular complexity index is 349. The third-order valence-corrected chi connectivity index (χ3v) is 2.13. The molecular weight excluding hydrogens is 184 g/mol. The molecule has 0 aromatic heterocycles. The largest absolute Gasteiger partial charge is 0.311 e. The Kier molecular flexibility index (Phi) is 4.59. The first-order valence-electron chi connectivity index (χ1n) is 5.03. The van der Waals surface area contributed by atoms with E-state index in [2.05, 4.69) is 18.0 Å². The van der Waals surface area contributed by atoms with Gasteiger partial charge in [-0.05, 0) is 12.5 Å². The van der Waals surface area contributed by atoms with Crippen LogP contribution < -0.4 is 5.32 Å². The van der Waals surface area contributed by atoms with Gasteiger partial charge in [-0.3, -0.25) is 0 Å². The summed E-state index contributed by atoms with van der Waals surface area (Å²) in [7, 11) is 0. The van der Waals surface area contributed by atoms with E-state index in [-0.39, 0.29) is 5.92 Å². The monoisotopic (exact) mass is 200 g/mol. The van der Waals surface area contributed by atoms with Crippen LogP contribution in [0.5, 0.6) is 0 Å². The maximum atomic E-state index is 9.03. The van der Waals surface area contributed by atoms with Crippen LogP contribution in [0, 0.1) is 11.3 Å². The lowest BCUT2D eigenvalue weighted by Crippen LogP contribution is -2.22. The van der Waals surface area contributed by atoms with Gasteiger partial charge in [0.25, 0.3) is 0 Å². The molecule has 1 atom stereocenters. The summed E-state index contributed by atoms with van der Waals surface area (Å²) in [5, 5.41) is 12.2. The van der Waals surface area contributed by atoms with Crippen LogP contribution in [0.1, 0.15) is 18.4 Å². The molecule has 0 saturated carbocycles. The maximum Gasteiger partial charge on any atom is 0.0837 e. The first-order chi connectivity index (χ1) is 7.24. The summed E-state index contributed by atoms with van der Waals surface area (Å²) < 4.78 is 0. The van der Waals surface area contributed by atoms with Crippen LogP contribution in [0.4, 0.5) is 0 Å². The summed E-state index contributed by atoms with van der Waals surface area (Å²) in [6, 6.07) is 12.1. The van der Waals surface area contributed by atoms with E-state index in [1.165, 1.54) is 0 Å². The van der Waals surface area contributed by atoms with Gasteiger partial charge < -0.3 is 5.32 Å². The van der Waals surface area contributed by atoms with Gasteiger partial charge in [-0.1, -0.05) is 42.5 Å². The van der Waals surface area contributed by atoms with E-state index in [0.29, 0.717) is 6.54 Å². The number of nitrogens with one attached hydrogen (secondary N) is 1. The highest BCUT2D eigenvalue weighted by atomic mass is 14.9. The number of hydrogen-bond acceptors (Lipinski definition) is 2. The summed E-state index contributed by atoms with van der Waals surface area (Å²) in [5.41, 5.74) is 2.15. The Morgan fingerprint density at radius 1 is 1.47 bits per heavy atom. The topological polar surface area (TPSA) is 35.8 Å². The molecule has 0 saturated heterocycles. The maximum absolute atomic E-state index is 9.03. The molecule has 1 rings (SSSR count). The van der Waals surface area contributed by atoms with E-state index >= 15 is 0 Å². The fourth-order valence-electron chi connectivity index (χ4n) is 1.35. The fraction of sp³-hybridized carbons (Fsp3) is 0.308. The molecule has 2 nitrogen and oxygen atoms in total. The Morgan fingerprint density at radius 3 is 2.67 bits per heavy atom. The lowest BCUT2D eigenvalue weighted by atomic mass is 10.0. The second-order valence-corrected chi connectivity index (χ2v) is 3.68. The SMILES string of the molecule is C=C(C)CNCC(C#N)c1ccccc1. The number of nitrogens with zero attached hydrogens (tertiary/aromatic N) is 1. The zero-order valence-electron chi connectivity index (χ0n) is 9.03. The van der Waals surface area contributed by atoms with Gasteiger partial charge in [0.2, 0.25) is 0 Å². The molecule has 1 N–H and O–H groups in total. The number of nitriles is 1. The molecule has 0 heterocycles. The number of rotatable bonds is 5. The van der Waals surface area contributed by atoms with E-state index in [9.17, 15) is 0 Å². The highest BCUT2D eigenvalue weighted by molar-refractivity contribution is 5.25. The quantitative estimate of drug-likeness (QED) is 0.741. The van der Waals surface area contributed by atoms with Crippen molar-refractivity contribution in [1.29, 1.82) is 5.26 Å². The molecule has 0 bridgehead atoms. The van der Waals surface area contributed by atoms with Crippen molar-refractivity contribution < 1.29 is 0 Å². The molecule has 0 radical (unpaired) electrons. The lowest BCUT2D eigenvalue weighted by Gasteiger charge is -2.10. The van der Waals surface area contributed by atoms with Gasteiger partial charge in [0.1, 0.15) is 0 Å². The van der Waals surface area contributed by atoms with Crippen LogP contribution >= 0.6 is 0 Å². The highest BCUT2D eigenvalue weighted by Crippen LogP contribution is 2.12. The minimum Gasteiger partial charge on any atom is -0.311 e. The van der Waals surface area contributed by atoms with Gasteiger partial charge in [0.15, 0.2) is 0 Å². The van der Waals surface area contributed by atoms with Crippen LogP contribution in [-0.4, -0.2) is 13.1 Å². The molecule has 15 heavy (non-hydrogen) atoms. The van der Waals surface area contributed by atoms with Crippen molar-refractivity contribution in [2.75, 3.05) is 13.1 Å². The summed E-state index contributed by atoms with van der Waals surface area (Å²) >= 11 is 0. The second kappa shape index (κ2) is 6.00. The van der Waals surface area contributed by atoms with Gasteiger partial charge in [0, 0.05) is 13.1 Å². The van der Waals surface area contributed by atoms with Crippen molar-refractivity contribution in [3.63, 3.8) is 0 Å². The zero-order valence-corrected chi connectivity index (χ0v) is 9.03. The molecule has 0 spiro atoms. The van der Waals surface area contributed by atoms with Gasteiger partial charge in [-0.15, -0.1) is 0 Å². The molecular formula is C13H16N2. The van der Waals surface area contributed by atoms with Crippen LogP contribution in [-0.2, 0) is 0 Å². The van der Waals surface area contributed by atoms with Crippen LogP contribution in [0.25, 0.3) is 0 Å². The predicted octanol–water partition coefficient (Wildman–Crippen LogP) is 2.46. The standard InChI is InChI=1S/C13H16N2/c1-11(2)9-15-10-13(8-14)12-6-4-3-5-7-12/h3-7,13,15H,1,9-10H2,2H3. The molecule has 2 heteroatoms. The minimum atomic E-state index is -0.0782. The van der Waals surface area contributed by atoms with Gasteiger partial charge in [-0.2, -0.15) is 5.26 Å². The minimum absolute atomic E-state index is 0.0782. The van der Waals surface area contributed by atoms with Gasteiger partial charge in [0.05, 0.1) is 12.0 Å². The van der Waals surface area contributed by atoms with Crippen LogP contribution in [0.15, 0.2) is 42.5 Å². The van der Waals surface area contributed by atoms with E-state index < -0.39 is 0 Å². The Balaban J connectivity index is 2.51. The smallest absolute Gasteiger partial charge is 0.0837 e. The molecule has 0 aliphatic rings. The predicted molar refractivity (Wildman–Crippen MR) is 62.5 cm³/mol. The van der Waals surface area contributed by atoms with E-state index in [1.54, 1.807) is 0 Å². The molecule has 1 aromatic rings. The Morgan fingerprint density at radius 2 is 2.13 bits per heavy atom. The molecule has 1 aromatic carbocycles. The summed E-state index contributed by atoms with van der Waals surface area (Å²) in [6.07, 6.45) is 0. The molecule has 0 amide bonds. The Hall–Kier alpha value is -1.59. The number of hydrogen-bond donors (Lipinski definition) is 1. The second-order valence-electron chi connectivity index (χ2n) is 3.68. The first kappa shape index (κ1) is 11.5. The summed E-state index contributed by atoms with van der Waals surface area (Å²) in [5.74, 6) is -0.0782. The molecule has 78 valence electrons. The average molecular weight is 200 g/mol. The van der Waals surface area contributed by atoms with Crippen molar-refractivity contribution in [2.45, 2.75) is 12.8 Å². The van der Waals surface area contributed by atoms with E-state index in [0.717, 1.165) is 17.7 Å². The molecule has 1 unspecified atom stereocenters. The van der Waals surface area contributed by atoms with Crippen molar-refractivity contribution in [3.8, 4) is 6.07 Å². The normalized spacial score (nSPS) is 11.7. The molecule has 0 fully saturated rings. The third kappa shape index (κ3) is 3.97. The lowest BCUT2D eigenvalue weighted by molar-refractivity contribution is 0.686. The molecule has 0 aliphatic carbocycles. The summed E-state index contributed by atoms with van der Waals surface area (Å²) in [4.78, 5) is 0. The van der Waals surface area contributed by atoms with Crippen molar-refractivity contribution in [2.24, 2.45) is 0 Å². The van der Waals surface area contributed by atoms with Crippen LogP contribution in [0.2, 0.25) is 0 Å². The fourth-order valence-corrected chi connectivity index (χ4v) is 1.35. The number of benzene rings is 1. The van der Waals surface area contributed by atoms with Crippen LogP contribution in [0.3, 0.4) is 0 Å². The third-order valence-electron chi connectivity index (χ3n) is 2.13. The first-order valence-corrected chi connectivity index (χ1v) is 5.03. The van der Waals surface area contributed by atoms with Crippen molar-refractivity contribution in [3.05, 3.63) is 48.0 Å². The Labute approximate surface area is 91.2 Å². The van der Waals surface area contributed by atoms with Crippen molar-refractivity contribution >= 4 is 0 Å². The van der Waals surface area contributed by atoms with Crippen molar-refractivity contribution in [1.82, 2.24) is 5.32 Å². The zero-order chi connectivity index (χ0) is 11.1. The van der Waals surface area contributed by atoms with Gasteiger partial charge in [-0.25, -0.2) is 0 Å². The molecule has 0 aliphatic heterocycles. The van der Waals surface area contributed by atoms with Gasteiger partial charge >= 0.3 is 0 Å². The highest BCUT2D eigenvalue weighted by Gasteiger charge is 2.08. The van der Waals surface area contributed by atoms with E-state index in [4.69, 9.17) is 5.26 Å². The average Bonchev–Trinajstić information content (AvgIpc) is 2.25. The summed E-state index contributed by atoms with van der Waals surface area (Å²) in [6.45, 7) is 7.22. The van der Waals surface area contributed by atoms with E-state index in [1.807, 2.05) is 37.3 Å².